The lowest BCUT2D eigenvalue weighted by Gasteiger charge is -2.16. The van der Waals surface area contributed by atoms with E-state index in [1.807, 2.05) is 20.8 Å². The summed E-state index contributed by atoms with van der Waals surface area (Å²) < 4.78 is 0. The highest BCUT2D eigenvalue weighted by Crippen LogP contribution is 2.35. The molecule has 2 N–H and O–H groups in total. The number of nitrogens with two attached hydrogens (primary N) is 1. The van der Waals surface area contributed by atoms with E-state index in [1.165, 1.54) is 11.3 Å². The van der Waals surface area contributed by atoms with Gasteiger partial charge in [0.25, 0.3) is 5.91 Å². The average Bonchev–Trinajstić information content (AvgIpc) is 2.70. The van der Waals surface area contributed by atoms with Crippen LogP contribution in [0.1, 0.15) is 27.9 Å². The molecule has 0 aliphatic rings. The van der Waals surface area contributed by atoms with Crippen molar-refractivity contribution in [2.45, 2.75) is 20.8 Å². The SMILES string of the molecule is C=C(C)CN(C)C(=O)c1sc2nnc(C)c(C)c2c1N. The third-order valence-electron chi connectivity index (χ3n) is 3.18. The highest BCUT2D eigenvalue weighted by Gasteiger charge is 2.22. The number of anilines is 1. The lowest BCUT2D eigenvalue weighted by Crippen LogP contribution is -2.27. The molecular weight excluding hydrogens is 272 g/mol. The highest BCUT2D eigenvalue weighted by molar-refractivity contribution is 7.21. The van der Waals surface area contributed by atoms with Gasteiger partial charge in [0.2, 0.25) is 0 Å². The summed E-state index contributed by atoms with van der Waals surface area (Å²) in [4.78, 5) is 15.3. The summed E-state index contributed by atoms with van der Waals surface area (Å²) in [5, 5.41) is 9.05. The summed E-state index contributed by atoms with van der Waals surface area (Å²) in [5.74, 6) is -0.106. The van der Waals surface area contributed by atoms with Crippen LogP contribution in [0.15, 0.2) is 12.2 Å². The summed E-state index contributed by atoms with van der Waals surface area (Å²) in [6.07, 6.45) is 0. The van der Waals surface area contributed by atoms with Gasteiger partial charge < -0.3 is 10.6 Å². The van der Waals surface area contributed by atoms with E-state index in [2.05, 4.69) is 16.8 Å². The molecule has 5 nitrogen and oxygen atoms in total. The molecular formula is C14H18N4OS. The van der Waals surface area contributed by atoms with E-state index < -0.39 is 0 Å². The second-order valence-corrected chi connectivity index (χ2v) is 6.05. The van der Waals surface area contributed by atoms with E-state index in [0.29, 0.717) is 21.9 Å². The summed E-state index contributed by atoms with van der Waals surface area (Å²) in [6, 6.07) is 0. The van der Waals surface area contributed by atoms with Gasteiger partial charge in [-0.05, 0) is 26.3 Å². The van der Waals surface area contributed by atoms with Gasteiger partial charge in [-0.1, -0.05) is 12.2 Å². The Morgan fingerprint density at radius 2 is 2.05 bits per heavy atom. The van der Waals surface area contributed by atoms with Crippen LogP contribution in [-0.4, -0.2) is 34.6 Å². The number of carbonyl (C=O) groups excluding carboxylic acids is 1. The largest absolute Gasteiger partial charge is 0.397 e. The standard InChI is InChI=1S/C14H18N4OS/c1-7(2)6-18(5)14(19)12-11(15)10-8(3)9(4)16-17-13(10)20-12/h1,6,15H2,2-5H3. The molecule has 0 saturated carbocycles. The molecule has 2 aromatic rings. The van der Waals surface area contributed by atoms with E-state index in [9.17, 15) is 4.79 Å². The predicted octanol–water partition coefficient (Wildman–Crippen LogP) is 2.54. The Bertz CT molecular complexity index is 705. The fourth-order valence-corrected chi connectivity index (χ4v) is 3.14. The molecule has 6 heteroatoms. The number of rotatable bonds is 3. The van der Waals surface area contributed by atoms with Crippen molar-refractivity contribution in [1.29, 1.82) is 0 Å². The Labute approximate surface area is 122 Å². The number of likely N-dealkylation sites (N-methyl/N-ethyl adjacent to an activating group) is 1. The second-order valence-electron chi connectivity index (χ2n) is 5.05. The van der Waals surface area contributed by atoms with Crippen molar-refractivity contribution in [2.75, 3.05) is 19.3 Å². The quantitative estimate of drug-likeness (QED) is 0.882. The van der Waals surface area contributed by atoms with E-state index >= 15 is 0 Å². The molecule has 0 aliphatic carbocycles. The molecule has 0 radical (unpaired) electrons. The maximum absolute atomic E-state index is 12.4. The third kappa shape index (κ3) is 2.38. The van der Waals surface area contributed by atoms with Crippen LogP contribution in [-0.2, 0) is 0 Å². The highest BCUT2D eigenvalue weighted by atomic mass is 32.1. The maximum Gasteiger partial charge on any atom is 0.266 e. The lowest BCUT2D eigenvalue weighted by molar-refractivity contribution is 0.0812. The third-order valence-corrected chi connectivity index (χ3v) is 4.26. The average molecular weight is 290 g/mol. The predicted molar refractivity (Wildman–Crippen MR) is 83.1 cm³/mol. The first-order chi connectivity index (χ1) is 9.32. The molecule has 0 aliphatic heterocycles. The molecule has 2 aromatic heterocycles. The van der Waals surface area contributed by atoms with Crippen LogP contribution in [0.2, 0.25) is 0 Å². The van der Waals surface area contributed by atoms with Crippen molar-refractivity contribution in [2.24, 2.45) is 0 Å². The Kier molecular flexibility index (Phi) is 3.76. The number of carbonyl (C=O) groups is 1. The zero-order chi connectivity index (χ0) is 15.0. The number of nitrogens with zero attached hydrogens (tertiary/aromatic N) is 3. The lowest BCUT2D eigenvalue weighted by atomic mass is 10.1. The number of thiophene rings is 1. The number of hydrogen-bond acceptors (Lipinski definition) is 5. The van der Waals surface area contributed by atoms with Gasteiger partial charge in [0.15, 0.2) is 0 Å². The molecule has 20 heavy (non-hydrogen) atoms. The van der Waals surface area contributed by atoms with Crippen molar-refractivity contribution in [3.8, 4) is 0 Å². The van der Waals surface area contributed by atoms with Crippen LogP contribution in [0, 0.1) is 13.8 Å². The van der Waals surface area contributed by atoms with Gasteiger partial charge in [0, 0.05) is 19.0 Å². The van der Waals surface area contributed by atoms with Crippen LogP contribution in [0.5, 0.6) is 0 Å². The monoisotopic (exact) mass is 290 g/mol. The van der Waals surface area contributed by atoms with Gasteiger partial charge in [-0.3, -0.25) is 4.79 Å². The van der Waals surface area contributed by atoms with E-state index in [1.54, 1.807) is 11.9 Å². The Balaban J connectivity index is 2.51. The van der Waals surface area contributed by atoms with Gasteiger partial charge >= 0.3 is 0 Å². The van der Waals surface area contributed by atoms with Crippen LogP contribution < -0.4 is 5.73 Å². The topological polar surface area (TPSA) is 72.1 Å². The van der Waals surface area contributed by atoms with E-state index in [-0.39, 0.29) is 5.91 Å². The molecule has 0 aromatic carbocycles. The zero-order valence-electron chi connectivity index (χ0n) is 12.1. The maximum atomic E-state index is 12.4. The number of fused-ring (bicyclic) bond motifs is 1. The molecule has 2 rings (SSSR count). The van der Waals surface area contributed by atoms with E-state index in [4.69, 9.17) is 5.73 Å². The molecule has 0 unspecified atom stereocenters. The van der Waals surface area contributed by atoms with Gasteiger partial charge in [0.1, 0.15) is 9.71 Å². The number of hydrogen-bond donors (Lipinski definition) is 1. The molecule has 1 amide bonds. The van der Waals surface area contributed by atoms with Gasteiger partial charge in [-0.25, -0.2) is 0 Å². The van der Waals surface area contributed by atoms with Crippen molar-refractivity contribution in [1.82, 2.24) is 15.1 Å². The fraction of sp³-hybridized carbons (Fsp3) is 0.357. The first-order valence-corrected chi connectivity index (χ1v) is 7.06. The smallest absolute Gasteiger partial charge is 0.266 e. The Morgan fingerprint density at radius 1 is 1.40 bits per heavy atom. The number of aryl methyl sites for hydroxylation is 2. The van der Waals surface area contributed by atoms with Gasteiger partial charge in [-0.15, -0.1) is 16.4 Å². The van der Waals surface area contributed by atoms with Gasteiger partial charge in [-0.2, -0.15) is 5.10 Å². The fourth-order valence-electron chi connectivity index (χ4n) is 2.05. The Morgan fingerprint density at radius 3 is 2.65 bits per heavy atom. The summed E-state index contributed by atoms with van der Waals surface area (Å²) in [7, 11) is 1.74. The first kappa shape index (κ1) is 14.5. The van der Waals surface area contributed by atoms with Crippen molar-refractivity contribution in [3.05, 3.63) is 28.3 Å². The van der Waals surface area contributed by atoms with Crippen molar-refractivity contribution in [3.63, 3.8) is 0 Å². The first-order valence-electron chi connectivity index (χ1n) is 6.24. The summed E-state index contributed by atoms with van der Waals surface area (Å²) in [5.41, 5.74) is 9.38. The van der Waals surface area contributed by atoms with Crippen molar-refractivity contribution < 1.29 is 4.79 Å². The number of amides is 1. The summed E-state index contributed by atoms with van der Waals surface area (Å²) in [6.45, 7) is 10.0. The molecule has 0 atom stereocenters. The van der Waals surface area contributed by atoms with E-state index in [0.717, 1.165) is 22.2 Å². The van der Waals surface area contributed by atoms with Crippen molar-refractivity contribution >= 4 is 33.1 Å². The second kappa shape index (κ2) is 5.20. The molecule has 0 saturated heterocycles. The van der Waals surface area contributed by atoms with Gasteiger partial charge in [0.05, 0.1) is 11.4 Å². The molecule has 2 heterocycles. The number of nitrogen functional groups attached to an aromatic ring is 1. The minimum Gasteiger partial charge on any atom is -0.397 e. The van der Waals surface area contributed by atoms with Crippen LogP contribution in [0.25, 0.3) is 10.2 Å². The molecule has 106 valence electrons. The molecule has 0 spiro atoms. The Hall–Kier alpha value is -1.95. The minimum atomic E-state index is -0.106. The zero-order valence-corrected chi connectivity index (χ0v) is 13.0. The van der Waals surface area contributed by atoms with Crippen LogP contribution in [0.4, 0.5) is 5.69 Å². The summed E-state index contributed by atoms with van der Waals surface area (Å²) >= 11 is 1.29. The van der Waals surface area contributed by atoms with Crippen LogP contribution in [0.3, 0.4) is 0 Å². The normalized spacial score (nSPS) is 10.8. The molecule has 0 fully saturated rings. The van der Waals surface area contributed by atoms with Crippen LogP contribution >= 0.6 is 11.3 Å². The minimum absolute atomic E-state index is 0.106. The number of aromatic nitrogens is 2. The molecule has 0 bridgehead atoms.